The van der Waals surface area contributed by atoms with Crippen molar-refractivity contribution in [2.45, 2.75) is 31.7 Å². The van der Waals surface area contributed by atoms with Crippen molar-refractivity contribution in [3.63, 3.8) is 0 Å². The van der Waals surface area contributed by atoms with E-state index in [0.29, 0.717) is 42.5 Å². The average molecular weight is 368 g/mol. The Morgan fingerprint density at radius 1 is 1.40 bits per heavy atom. The topological polar surface area (TPSA) is 67.9 Å². The molecule has 0 unspecified atom stereocenters. The molecule has 0 atom stereocenters. The minimum atomic E-state index is -0.590. The smallest absolute Gasteiger partial charge is 0.411 e. The maximum atomic E-state index is 12.0. The highest BCUT2D eigenvalue weighted by molar-refractivity contribution is 6.34. The van der Waals surface area contributed by atoms with Gasteiger partial charge in [-0.2, -0.15) is 0 Å². The first-order chi connectivity index (χ1) is 12.0. The number of carbonyl (C=O) groups excluding carboxylic acids is 2. The van der Waals surface area contributed by atoms with E-state index in [0.717, 1.165) is 25.7 Å². The summed E-state index contributed by atoms with van der Waals surface area (Å²) in [6, 6.07) is 3.49. The second-order valence-electron chi connectivity index (χ2n) is 6.03. The number of ether oxygens (including phenoxy) is 2. The predicted molar refractivity (Wildman–Crippen MR) is 97.5 cm³/mol. The average Bonchev–Trinajstić information content (AvgIpc) is 2.63. The molecule has 1 aliphatic carbocycles. The number of halogens is 1. The standard InChI is InChI=1S/C18H24ClN2O4/c1-21(14-6-4-3-5-7-14)8-9-25-18(23)20-16-11-17(24-2)13(12-22)10-15(16)19/h3,10-12,14H,4-9H2,1-2H3,(H,20,23). The molecule has 0 spiro atoms. The van der Waals surface area contributed by atoms with E-state index in [4.69, 9.17) is 21.1 Å². The van der Waals surface area contributed by atoms with Crippen molar-refractivity contribution in [1.29, 1.82) is 0 Å². The second-order valence-corrected chi connectivity index (χ2v) is 6.44. The highest BCUT2D eigenvalue weighted by Gasteiger charge is 2.18. The van der Waals surface area contributed by atoms with E-state index in [1.54, 1.807) is 0 Å². The summed E-state index contributed by atoms with van der Waals surface area (Å²) >= 11 is 6.07. The molecule has 1 fully saturated rings. The molecule has 7 heteroatoms. The molecule has 1 saturated carbocycles. The molecular formula is C18H24ClN2O4. The van der Waals surface area contributed by atoms with E-state index in [9.17, 15) is 9.59 Å². The van der Waals surface area contributed by atoms with E-state index < -0.39 is 6.09 Å². The molecule has 1 radical (unpaired) electrons. The van der Waals surface area contributed by atoms with Crippen LogP contribution in [0.2, 0.25) is 5.02 Å². The number of carbonyl (C=O) groups is 2. The summed E-state index contributed by atoms with van der Waals surface area (Å²) < 4.78 is 10.3. The van der Waals surface area contributed by atoms with Crippen LogP contribution in [0.25, 0.3) is 0 Å². The molecule has 137 valence electrons. The Morgan fingerprint density at radius 3 is 2.76 bits per heavy atom. The van der Waals surface area contributed by atoms with Crippen LogP contribution in [0.15, 0.2) is 12.1 Å². The van der Waals surface area contributed by atoms with E-state index in [2.05, 4.69) is 23.7 Å². The number of hydrogen-bond acceptors (Lipinski definition) is 5. The largest absolute Gasteiger partial charge is 0.496 e. The first kappa shape index (κ1) is 19.5. The van der Waals surface area contributed by atoms with Gasteiger partial charge in [-0.15, -0.1) is 0 Å². The van der Waals surface area contributed by atoms with Gasteiger partial charge in [0.15, 0.2) is 6.29 Å². The van der Waals surface area contributed by atoms with Gasteiger partial charge in [-0.25, -0.2) is 4.79 Å². The van der Waals surface area contributed by atoms with Crippen molar-refractivity contribution >= 4 is 29.7 Å². The monoisotopic (exact) mass is 367 g/mol. The molecule has 0 aliphatic heterocycles. The number of benzene rings is 1. The van der Waals surface area contributed by atoms with Crippen molar-refractivity contribution in [3.05, 3.63) is 29.1 Å². The van der Waals surface area contributed by atoms with Crippen molar-refractivity contribution in [1.82, 2.24) is 4.90 Å². The number of likely N-dealkylation sites (N-methyl/N-ethyl adjacent to an activating group) is 1. The molecule has 1 aromatic rings. The Hall–Kier alpha value is -1.79. The van der Waals surface area contributed by atoms with Crippen LogP contribution in [0, 0.1) is 6.42 Å². The Bertz CT molecular complexity index is 603. The number of nitrogens with zero attached hydrogens (tertiary/aromatic N) is 1. The zero-order valence-corrected chi connectivity index (χ0v) is 15.3. The summed E-state index contributed by atoms with van der Waals surface area (Å²) in [4.78, 5) is 25.1. The minimum Gasteiger partial charge on any atom is -0.496 e. The molecule has 0 aromatic heterocycles. The number of anilines is 1. The van der Waals surface area contributed by atoms with Gasteiger partial charge in [0, 0.05) is 18.7 Å². The number of hydrogen-bond donors (Lipinski definition) is 1. The first-order valence-corrected chi connectivity index (χ1v) is 8.71. The zero-order chi connectivity index (χ0) is 18.2. The van der Waals surface area contributed by atoms with Crippen LogP contribution in [0.5, 0.6) is 5.75 Å². The van der Waals surface area contributed by atoms with Crippen LogP contribution in [0.4, 0.5) is 10.5 Å². The Kier molecular flexibility index (Phi) is 7.52. The molecule has 2 rings (SSSR count). The van der Waals surface area contributed by atoms with Gasteiger partial charge in [0.2, 0.25) is 0 Å². The molecule has 1 aliphatic rings. The zero-order valence-electron chi connectivity index (χ0n) is 14.6. The number of aldehydes is 1. The second kappa shape index (κ2) is 9.63. The van der Waals surface area contributed by atoms with Gasteiger partial charge in [-0.05, 0) is 45.2 Å². The normalized spacial score (nSPS) is 15.0. The van der Waals surface area contributed by atoms with Gasteiger partial charge in [-0.3, -0.25) is 10.1 Å². The highest BCUT2D eigenvalue weighted by Crippen LogP contribution is 2.30. The lowest BCUT2D eigenvalue weighted by molar-refractivity contribution is 0.112. The Morgan fingerprint density at radius 2 is 2.12 bits per heavy atom. The molecule has 1 N–H and O–H groups in total. The summed E-state index contributed by atoms with van der Waals surface area (Å²) in [5.74, 6) is 0.337. The summed E-state index contributed by atoms with van der Waals surface area (Å²) in [7, 11) is 3.49. The van der Waals surface area contributed by atoms with Crippen molar-refractivity contribution in [2.75, 3.05) is 32.6 Å². The van der Waals surface area contributed by atoms with E-state index in [-0.39, 0.29) is 5.02 Å². The maximum absolute atomic E-state index is 12.0. The lowest BCUT2D eigenvalue weighted by Gasteiger charge is -2.30. The summed E-state index contributed by atoms with van der Waals surface area (Å²) in [6.45, 7) is 0.975. The number of methoxy groups -OCH3 is 1. The van der Waals surface area contributed by atoms with Crippen LogP contribution in [0.1, 0.15) is 36.0 Å². The van der Waals surface area contributed by atoms with Crippen molar-refractivity contribution < 1.29 is 19.1 Å². The molecule has 1 amide bonds. The van der Waals surface area contributed by atoms with Crippen LogP contribution < -0.4 is 10.1 Å². The van der Waals surface area contributed by atoms with Crippen LogP contribution >= 0.6 is 11.6 Å². The van der Waals surface area contributed by atoms with E-state index in [1.165, 1.54) is 19.2 Å². The van der Waals surface area contributed by atoms with E-state index in [1.807, 2.05) is 0 Å². The van der Waals surface area contributed by atoms with Crippen LogP contribution in [-0.4, -0.2) is 50.6 Å². The quantitative estimate of drug-likeness (QED) is 0.742. The lowest BCUT2D eigenvalue weighted by atomic mass is 9.94. The fourth-order valence-electron chi connectivity index (χ4n) is 2.89. The van der Waals surface area contributed by atoms with Gasteiger partial charge in [0.25, 0.3) is 0 Å². The van der Waals surface area contributed by atoms with Crippen molar-refractivity contribution in [2.24, 2.45) is 0 Å². The number of rotatable bonds is 7. The highest BCUT2D eigenvalue weighted by atomic mass is 35.5. The molecule has 0 heterocycles. The lowest BCUT2D eigenvalue weighted by Crippen LogP contribution is -2.36. The fourth-order valence-corrected chi connectivity index (χ4v) is 3.11. The summed E-state index contributed by atoms with van der Waals surface area (Å²) in [5.41, 5.74) is 0.656. The van der Waals surface area contributed by atoms with Crippen molar-refractivity contribution in [3.8, 4) is 5.75 Å². The molecule has 0 bridgehead atoms. The first-order valence-electron chi connectivity index (χ1n) is 8.33. The molecule has 1 aromatic carbocycles. The summed E-state index contributed by atoms with van der Waals surface area (Å²) in [5, 5.41) is 2.82. The Balaban J connectivity index is 1.82. The molecule has 0 saturated heterocycles. The van der Waals surface area contributed by atoms with Gasteiger partial charge in [0.1, 0.15) is 12.4 Å². The predicted octanol–water partition coefficient (Wildman–Crippen LogP) is 3.79. The van der Waals surface area contributed by atoms with Crippen LogP contribution in [-0.2, 0) is 4.74 Å². The van der Waals surface area contributed by atoms with Gasteiger partial charge in [-0.1, -0.05) is 11.6 Å². The third-order valence-electron chi connectivity index (χ3n) is 4.39. The summed E-state index contributed by atoms with van der Waals surface area (Å²) in [6.07, 6.45) is 6.98. The number of amides is 1. The minimum absolute atomic E-state index is 0.246. The molecular weight excluding hydrogens is 344 g/mol. The number of nitrogens with one attached hydrogen (secondary N) is 1. The maximum Gasteiger partial charge on any atom is 0.411 e. The molecule has 25 heavy (non-hydrogen) atoms. The van der Waals surface area contributed by atoms with Gasteiger partial charge in [0.05, 0.1) is 23.4 Å². The Labute approximate surface area is 153 Å². The fraction of sp³-hybridized carbons (Fsp3) is 0.500. The van der Waals surface area contributed by atoms with Gasteiger partial charge >= 0.3 is 6.09 Å². The molecule has 6 nitrogen and oxygen atoms in total. The van der Waals surface area contributed by atoms with Gasteiger partial charge < -0.3 is 14.4 Å². The SMILES string of the molecule is COc1cc(NC(=O)OCCN(C)C2CC[CH]CC2)c(Cl)cc1C=O. The van der Waals surface area contributed by atoms with Crippen LogP contribution in [0.3, 0.4) is 0 Å². The van der Waals surface area contributed by atoms with E-state index >= 15 is 0 Å². The third kappa shape index (κ3) is 5.61. The third-order valence-corrected chi connectivity index (χ3v) is 4.70.